The lowest BCUT2D eigenvalue weighted by molar-refractivity contribution is 0.278. The summed E-state index contributed by atoms with van der Waals surface area (Å²) in [4.78, 5) is 24.8. The number of rotatable bonds is 8. The minimum Gasteiger partial charge on any atom is -0.484 e. The lowest BCUT2D eigenvalue weighted by atomic mass is 9.80. The van der Waals surface area contributed by atoms with Gasteiger partial charge in [0.05, 0.1) is 0 Å². The maximum absolute atomic E-state index is 8.76. The third kappa shape index (κ3) is 7.97. The second-order valence-electron chi connectivity index (χ2n) is 15.2. The van der Waals surface area contributed by atoms with Crippen molar-refractivity contribution in [2.45, 2.75) is 24.4 Å². The van der Waals surface area contributed by atoms with Gasteiger partial charge in [0.2, 0.25) is 0 Å². The molecule has 0 saturated carbocycles. The number of benzene rings is 6. The molecule has 0 fully saturated rings. The normalized spacial score (nSPS) is 17.9. The standard InChI is InChI=1S/C54H40N6O/c55-50(38-20-8-2-9-21-38)57-51(39-22-10-3-11-23-39)56-35-36-17-16-28-43(31-36)45-33-44(34-47-46-32-42(37-18-6-1-7-19-37)29-30-48(46)61-49(45)47)54-59-52(40-24-12-4-13-25-40)58-53(60-54)41-26-14-5-15-27-41/h1-18,20-35,37,47,49,55H,19H2/b55-50?,56-35+,57-51-. The summed E-state index contributed by atoms with van der Waals surface area (Å²) in [5.41, 5.74) is 9.58. The number of nitrogens with zero attached hydrogens (tertiary/aromatic N) is 5. The van der Waals surface area contributed by atoms with Crippen molar-refractivity contribution in [3.05, 3.63) is 239 Å². The van der Waals surface area contributed by atoms with Gasteiger partial charge in [-0.2, -0.15) is 0 Å². The summed E-state index contributed by atoms with van der Waals surface area (Å²) in [7, 11) is 0. The van der Waals surface area contributed by atoms with E-state index in [4.69, 9.17) is 30.1 Å². The molecule has 7 nitrogen and oxygen atoms in total. The molecule has 1 N–H and O–H groups in total. The van der Waals surface area contributed by atoms with Gasteiger partial charge in [-0.25, -0.2) is 24.9 Å². The van der Waals surface area contributed by atoms with Crippen molar-refractivity contribution in [3.63, 3.8) is 0 Å². The number of ether oxygens (including phenoxy) is 1. The van der Waals surface area contributed by atoms with Crippen LogP contribution in [0.3, 0.4) is 0 Å². The van der Waals surface area contributed by atoms with E-state index in [1.165, 1.54) is 5.56 Å². The molecule has 10 rings (SSSR count). The first-order valence-electron chi connectivity index (χ1n) is 20.5. The average molecular weight is 789 g/mol. The molecule has 2 heterocycles. The van der Waals surface area contributed by atoms with Crippen LogP contribution in [0.2, 0.25) is 0 Å². The molecule has 1 aliphatic heterocycles. The van der Waals surface area contributed by atoms with E-state index in [9.17, 15) is 0 Å². The zero-order chi connectivity index (χ0) is 41.0. The Balaban J connectivity index is 1.08. The first-order chi connectivity index (χ1) is 30.1. The van der Waals surface area contributed by atoms with Crippen molar-refractivity contribution >= 4 is 29.0 Å². The van der Waals surface area contributed by atoms with E-state index >= 15 is 0 Å². The van der Waals surface area contributed by atoms with Crippen molar-refractivity contribution in [2.75, 3.05) is 0 Å². The maximum Gasteiger partial charge on any atom is 0.164 e. The Kier molecular flexibility index (Phi) is 10.3. The van der Waals surface area contributed by atoms with Gasteiger partial charge < -0.3 is 4.74 Å². The topological polar surface area (TPSA) is 96.5 Å². The summed E-state index contributed by atoms with van der Waals surface area (Å²) in [6.07, 6.45) is 15.7. The number of aromatic nitrogens is 3. The lowest BCUT2D eigenvalue weighted by Crippen LogP contribution is -2.23. The lowest BCUT2D eigenvalue weighted by Gasteiger charge is -2.26. The monoisotopic (exact) mass is 788 g/mol. The van der Waals surface area contributed by atoms with Crippen LogP contribution in [-0.4, -0.2) is 38.9 Å². The van der Waals surface area contributed by atoms with Gasteiger partial charge in [-0.3, -0.25) is 5.41 Å². The smallest absolute Gasteiger partial charge is 0.164 e. The minimum atomic E-state index is -0.278. The Labute approximate surface area is 355 Å². The van der Waals surface area contributed by atoms with Gasteiger partial charge in [0, 0.05) is 57.0 Å². The fourth-order valence-corrected chi connectivity index (χ4v) is 8.07. The second kappa shape index (κ2) is 16.8. The van der Waals surface area contributed by atoms with E-state index in [0.717, 1.165) is 62.3 Å². The zero-order valence-electron chi connectivity index (χ0n) is 33.2. The molecule has 1 aromatic heterocycles. The Morgan fingerprint density at radius 1 is 0.639 bits per heavy atom. The predicted molar refractivity (Wildman–Crippen MR) is 246 cm³/mol. The SMILES string of the molecule is N=C(/N=C(\N=C\c1cccc(C2=CC(c3nc(-c4ccccc4)nc(-c4ccccc4)n3)=CC3c4cc(C5C=CC=CC5)ccc4OC23)c1)c1ccccc1)c1ccccc1. The van der Waals surface area contributed by atoms with Gasteiger partial charge in [0.15, 0.2) is 29.1 Å². The van der Waals surface area contributed by atoms with Crippen LogP contribution in [0.4, 0.5) is 0 Å². The van der Waals surface area contributed by atoms with E-state index in [-0.39, 0.29) is 17.9 Å². The number of allylic oxidation sites excluding steroid dienone is 6. The summed E-state index contributed by atoms with van der Waals surface area (Å²) in [6, 6.07) is 54.4. The number of aliphatic imine (C=N–C) groups is 2. The molecule has 3 aliphatic rings. The van der Waals surface area contributed by atoms with Crippen molar-refractivity contribution in [1.29, 1.82) is 5.41 Å². The Bertz CT molecular complexity index is 2880. The van der Waals surface area contributed by atoms with E-state index in [2.05, 4.69) is 71.8 Å². The molecule has 0 saturated heterocycles. The third-order valence-corrected chi connectivity index (χ3v) is 11.2. The summed E-state index contributed by atoms with van der Waals surface area (Å²) >= 11 is 0. The molecule has 0 radical (unpaired) electrons. The molecule has 7 aromatic rings. The Morgan fingerprint density at radius 2 is 1.28 bits per heavy atom. The van der Waals surface area contributed by atoms with Gasteiger partial charge in [0.25, 0.3) is 0 Å². The fraction of sp³-hybridized carbons (Fsp3) is 0.0741. The molecular weight excluding hydrogens is 749 g/mol. The first-order valence-corrected chi connectivity index (χ1v) is 20.5. The third-order valence-electron chi connectivity index (χ3n) is 11.2. The van der Waals surface area contributed by atoms with Gasteiger partial charge in [-0.15, -0.1) is 0 Å². The zero-order valence-corrected chi connectivity index (χ0v) is 33.2. The molecular formula is C54H40N6O. The molecule has 61 heavy (non-hydrogen) atoms. The number of hydrogen-bond acceptors (Lipinski definition) is 5. The van der Waals surface area contributed by atoms with Crippen molar-refractivity contribution in [1.82, 2.24) is 15.0 Å². The number of amidine groups is 2. The molecule has 2 aliphatic carbocycles. The van der Waals surface area contributed by atoms with Gasteiger partial charge in [-0.05, 0) is 41.3 Å². The second-order valence-corrected chi connectivity index (χ2v) is 15.2. The quantitative estimate of drug-likeness (QED) is 0.122. The van der Waals surface area contributed by atoms with Crippen LogP contribution in [0.25, 0.3) is 33.9 Å². The van der Waals surface area contributed by atoms with Gasteiger partial charge in [0.1, 0.15) is 11.9 Å². The molecule has 3 unspecified atom stereocenters. The maximum atomic E-state index is 8.76. The van der Waals surface area contributed by atoms with Crippen LogP contribution < -0.4 is 4.74 Å². The van der Waals surface area contributed by atoms with Crippen LogP contribution in [0.5, 0.6) is 5.75 Å². The first kappa shape index (κ1) is 37.4. The molecule has 3 atom stereocenters. The Hall–Kier alpha value is -7.90. The largest absolute Gasteiger partial charge is 0.484 e. The van der Waals surface area contributed by atoms with Gasteiger partial charge >= 0.3 is 0 Å². The molecule has 0 spiro atoms. The number of nitrogens with one attached hydrogen (secondary N) is 1. The summed E-state index contributed by atoms with van der Waals surface area (Å²) < 4.78 is 6.90. The molecule has 6 aromatic carbocycles. The van der Waals surface area contributed by atoms with Crippen molar-refractivity contribution in [3.8, 4) is 28.5 Å². The summed E-state index contributed by atoms with van der Waals surface area (Å²) in [5.74, 6) is 3.50. The van der Waals surface area contributed by atoms with Crippen molar-refractivity contribution < 1.29 is 4.74 Å². The molecule has 292 valence electrons. The van der Waals surface area contributed by atoms with Crippen LogP contribution in [0, 0.1) is 5.41 Å². The van der Waals surface area contributed by atoms with Crippen molar-refractivity contribution in [2.24, 2.45) is 9.98 Å². The number of fused-ring (bicyclic) bond motifs is 3. The highest BCUT2D eigenvalue weighted by atomic mass is 16.5. The number of hydrogen-bond donors (Lipinski definition) is 1. The Morgan fingerprint density at radius 3 is 1.95 bits per heavy atom. The molecule has 0 amide bonds. The fourth-order valence-electron chi connectivity index (χ4n) is 8.07. The molecule has 7 heteroatoms. The predicted octanol–water partition coefficient (Wildman–Crippen LogP) is 11.7. The molecule has 0 bridgehead atoms. The highest BCUT2D eigenvalue weighted by Crippen LogP contribution is 2.49. The minimum absolute atomic E-state index is 0.0942. The summed E-state index contributed by atoms with van der Waals surface area (Å²) in [6.45, 7) is 0. The van der Waals surface area contributed by atoms with E-state index in [1.807, 2.05) is 140 Å². The van der Waals surface area contributed by atoms with Crippen LogP contribution in [0.1, 0.15) is 57.5 Å². The van der Waals surface area contributed by atoms with E-state index in [0.29, 0.717) is 29.2 Å². The van der Waals surface area contributed by atoms with E-state index < -0.39 is 0 Å². The van der Waals surface area contributed by atoms with Crippen LogP contribution in [-0.2, 0) is 0 Å². The highest BCUT2D eigenvalue weighted by Gasteiger charge is 2.39. The summed E-state index contributed by atoms with van der Waals surface area (Å²) in [5, 5.41) is 8.76. The van der Waals surface area contributed by atoms with E-state index in [1.54, 1.807) is 0 Å². The van der Waals surface area contributed by atoms with Crippen LogP contribution >= 0.6 is 0 Å². The van der Waals surface area contributed by atoms with Crippen LogP contribution in [0.15, 0.2) is 210 Å². The van der Waals surface area contributed by atoms with Gasteiger partial charge in [-0.1, -0.05) is 182 Å². The average Bonchev–Trinajstić information content (AvgIpc) is 3.72. The highest BCUT2D eigenvalue weighted by molar-refractivity contribution is 6.13.